The molecule has 2 aliphatic rings. The molecule has 21 heavy (non-hydrogen) atoms. The van der Waals surface area contributed by atoms with Crippen LogP contribution >= 0.6 is 0 Å². The van der Waals surface area contributed by atoms with Crippen molar-refractivity contribution in [3.8, 4) is 0 Å². The first kappa shape index (κ1) is 15.0. The number of aryl methyl sites for hydroxylation is 1. The summed E-state index contributed by atoms with van der Waals surface area (Å²) < 4.78 is 6.09. The number of hydrogen-bond donors (Lipinski definition) is 1. The maximum absolute atomic E-state index is 6.09. The van der Waals surface area contributed by atoms with Crippen LogP contribution in [0.4, 0.5) is 0 Å². The molecular formula is C18H28N2O. The summed E-state index contributed by atoms with van der Waals surface area (Å²) in [7, 11) is 0. The molecule has 3 heteroatoms. The second kappa shape index (κ2) is 6.89. The molecule has 1 saturated heterocycles. The molecule has 0 radical (unpaired) electrons. The second-order valence-corrected chi connectivity index (χ2v) is 6.70. The first-order chi connectivity index (χ1) is 10.3. The minimum atomic E-state index is 0.257. The lowest BCUT2D eigenvalue weighted by Gasteiger charge is -2.49. The Labute approximate surface area is 128 Å². The Bertz CT molecular complexity index is 430. The zero-order valence-electron chi connectivity index (χ0n) is 13.2. The lowest BCUT2D eigenvalue weighted by Crippen LogP contribution is -2.50. The van der Waals surface area contributed by atoms with Gasteiger partial charge < -0.3 is 10.1 Å². The second-order valence-electron chi connectivity index (χ2n) is 6.70. The van der Waals surface area contributed by atoms with Gasteiger partial charge in [-0.3, -0.25) is 4.98 Å². The van der Waals surface area contributed by atoms with Crippen LogP contribution in [0.25, 0.3) is 0 Å². The summed E-state index contributed by atoms with van der Waals surface area (Å²) >= 11 is 0. The van der Waals surface area contributed by atoms with E-state index in [2.05, 4.69) is 29.4 Å². The normalized spacial score (nSPS) is 25.5. The topological polar surface area (TPSA) is 34.2 Å². The predicted molar refractivity (Wildman–Crippen MR) is 85.3 cm³/mol. The van der Waals surface area contributed by atoms with Crippen LogP contribution in [0.1, 0.15) is 51.0 Å². The number of nitrogens with one attached hydrogen (secondary N) is 1. The number of pyridine rings is 1. The minimum absolute atomic E-state index is 0.257. The van der Waals surface area contributed by atoms with Crippen LogP contribution in [0.2, 0.25) is 0 Å². The standard InChI is InChI=1S/C18H28N2O/c1-2-20-17(5-4-15-6-11-19-12-7-15)16-8-13-21-18(14-16)9-3-10-18/h6-7,11-12,16-17,20H,2-5,8-10,13-14H2,1H3. The molecule has 2 fully saturated rings. The van der Waals surface area contributed by atoms with Crippen molar-refractivity contribution < 1.29 is 4.74 Å². The van der Waals surface area contributed by atoms with E-state index in [-0.39, 0.29) is 5.60 Å². The van der Waals surface area contributed by atoms with Crippen LogP contribution in [0.15, 0.2) is 24.5 Å². The SMILES string of the molecule is CCNC(CCc1ccncc1)C1CCOC2(CCC2)C1. The van der Waals surface area contributed by atoms with Crippen LogP contribution in [-0.4, -0.2) is 29.8 Å². The summed E-state index contributed by atoms with van der Waals surface area (Å²) in [5, 5.41) is 3.74. The van der Waals surface area contributed by atoms with Crippen LogP contribution in [-0.2, 0) is 11.2 Å². The monoisotopic (exact) mass is 288 g/mol. The van der Waals surface area contributed by atoms with Crippen molar-refractivity contribution >= 4 is 0 Å². The van der Waals surface area contributed by atoms with Gasteiger partial charge in [-0.25, -0.2) is 0 Å². The highest BCUT2D eigenvalue weighted by Crippen LogP contribution is 2.45. The number of hydrogen-bond acceptors (Lipinski definition) is 3. The van der Waals surface area contributed by atoms with Crippen LogP contribution < -0.4 is 5.32 Å². The first-order valence-electron chi connectivity index (χ1n) is 8.57. The lowest BCUT2D eigenvalue weighted by atomic mass is 9.70. The average molecular weight is 288 g/mol. The van der Waals surface area contributed by atoms with E-state index < -0.39 is 0 Å². The van der Waals surface area contributed by atoms with Crippen molar-refractivity contribution in [2.24, 2.45) is 5.92 Å². The summed E-state index contributed by atoms with van der Waals surface area (Å²) in [5.41, 5.74) is 1.66. The lowest BCUT2D eigenvalue weighted by molar-refractivity contribution is -0.147. The van der Waals surface area contributed by atoms with Crippen molar-refractivity contribution in [3.05, 3.63) is 30.1 Å². The third-order valence-electron chi connectivity index (χ3n) is 5.32. The van der Waals surface area contributed by atoms with Gasteiger partial charge in [0.15, 0.2) is 0 Å². The quantitative estimate of drug-likeness (QED) is 0.871. The molecule has 0 amide bonds. The van der Waals surface area contributed by atoms with Gasteiger partial charge in [-0.2, -0.15) is 0 Å². The van der Waals surface area contributed by atoms with Gasteiger partial charge in [0.05, 0.1) is 5.60 Å². The Balaban J connectivity index is 1.58. The molecule has 1 spiro atoms. The van der Waals surface area contributed by atoms with Crippen LogP contribution in [0, 0.1) is 5.92 Å². The van der Waals surface area contributed by atoms with Gasteiger partial charge >= 0.3 is 0 Å². The van der Waals surface area contributed by atoms with Gasteiger partial charge in [0.2, 0.25) is 0 Å². The minimum Gasteiger partial charge on any atom is -0.375 e. The highest BCUT2D eigenvalue weighted by molar-refractivity contribution is 5.10. The number of rotatable bonds is 6. The Kier molecular flexibility index (Phi) is 4.91. The maximum atomic E-state index is 6.09. The predicted octanol–water partition coefficient (Wildman–Crippen LogP) is 3.34. The van der Waals surface area contributed by atoms with E-state index in [1.165, 1.54) is 44.1 Å². The molecule has 1 aromatic heterocycles. The Hall–Kier alpha value is -0.930. The van der Waals surface area contributed by atoms with E-state index in [9.17, 15) is 0 Å². The van der Waals surface area contributed by atoms with E-state index in [0.717, 1.165) is 25.5 Å². The molecule has 1 saturated carbocycles. The van der Waals surface area contributed by atoms with E-state index in [1.807, 2.05) is 12.4 Å². The highest BCUT2D eigenvalue weighted by Gasteiger charge is 2.43. The zero-order chi connectivity index (χ0) is 14.5. The number of aromatic nitrogens is 1. The summed E-state index contributed by atoms with van der Waals surface area (Å²) in [4.78, 5) is 4.10. The van der Waals surface area contributed by atoms with E-state index in [1.54, 1.807) is 0 Å². The van der Waals surface area contributed by atoms with Gasteiger partial charge in [0.25, 0.3) is 0 Å². The maximum Gasteiger partial charge on any atom is 0.0685 e. The average Bonchev–Trinajstić information content (AvgIpc) is 2.51. The van der Waals surface area contributed by atoms with Crippen molar-refractivity contribution in [1.82, 2.24) is 10.3 Å². The van der Waals surface area contributed by atoms with E-state index in [4.69, 9.17) is 4.74 Å². The molecule has 3 nitrogen and oxygen atoms in total. The fourth-order valence-corrected chi connectivity index (χ4v) is 3.97. The number of nitrogens with zero attached hydrogens (tertiary/aromatic N) is 1. The molecule has 1 aromatic rings. The molecule has 1 aliphatic carbocycles. The fourth-order valence-electron chi connectivity index (χ4n) is 3.97. The molecule has 3 rings (SSSR count). The third kappa shape index (κ3) is 3.64. The molecular weight excluding hydrogens is 260 g/mol. The van der Waals surface area contributed by atoms with Crippen molar-refractivity contribution in [3.63, 3.8) is 0 Å². The summed E-state index contributed by atoms with van der Waals surface area (Å²) in [6.45, 7) is 4.24. The molecule has 2 heterocycles. The molecule has 2 unspecified atom stereocenters. The molecule has 116 valence electrons. The van der Waals surface area contributed by atoms with Crippen LogP contribution in [0.5, 0.6) is 0 Å². The van der Waals surface area contributed by atoms with Gasteiger partial charge in [0, 0.05) is 25.0 Å². The van der Waals surface area contributed by atoms with Gasteiger partial charge in [0.1, 0.15) is 0 Å². The highest BCUT2D eigenvalue weighted by atomic mass is 16.5. The Morgan fingerprint density at radius 2 is 2.19 bits per heavy atom. The van der Waals surface area contributed by atoms with E-state index in [0.29, 0.717) is 6.04 Å². The van der Waals surface area contributed by atoms with Crippen molar-refractivity contribution in [2.75, 3.05) is 13.2 Å². The fraction of sp³-hybridized carbons (Fsp3) is 0.722. The first-order valence-corrected chi connectivity index (χ1v) is 8.57. The molecule has 1 N–H and O–H groups in total. The van der Waals surface area contributed by atoms with Gasteiger partial charge in [-0.05, 0) is 75.1 Å². The summed E-state index contributed by atoms with van der Waals surface area (Å²) in [6, 6.07) is 4.91. The summed E-state index contributed by atoms with van der Waals surface area (Å²) in [6.07, 6.45) is 12.6. The largest absolute Gasteiger partial charge is 0.375 e. The van der Waals surface area contributed by atoms with E-state index >= 15 is 0 Å². The molecule has 0 bridgehead atoms. The third-order valence-corrected chi connectivity index (χ3v) is 5.32. The zero-order valence-corrected chi connectivity index (χ0v) is 13.2. The molecule has 2 atom stereocenters. The number of ether oxygens (including phenoxy) is 1. The Morgan fingerprint density at radius 3 is 2.86 bits per heavy atom. The van der Waals surface area contributed by atoms with Gasteiger partial charge in [-0.15, -0.1) is 0 Å². The smallest absolute Gasteiger partial charge is 0.0685 e. The molecule has 1 aliphatic heterocycles. The van der Waals surface area contributed by atoms with Crippen molar-refractivity contribution in [1.29, 1.82) is 0 Å². The molecule has 0 aromatic carbocycles. The summed E-state index contributed by atoms with van der Waals surface area (Å²) in [5.74, 6) is 0.779. The Morgan fingerprint density at radius 1 is 1.38 bits per heavy atom. The van der Waals surface area contributed by atoms with Crippen molar-refractivity contribution in [2.45, 2.75) is 63.5 Å². The van der Waals surface area contributed by atoms with Gasteiger partial charge in [-0.1, -0.05) is 6.92 Å². The van der Waals surface area contributed by atoms with Crippen LogP contribution in [0.3, 0.4) is 0 Å².